The SMILES string of the molecule is COc1cccc2c1-c1ncccc1C2CN. The predicted molar refractivity (Wildman–Crippen MR) is 67.1 cm³/mol. The molecule has 1 aromatic carbocycles. The first-order chi connectivity index (χ1) is 8.36. The molecule has 0 aliphatic heterocycles. The van der Waals surface area contributed by atoms with Crippen LogP contribution in [0.1, 0.15) is 17.0 Å². The van der Waals surface area contributed by atoms with Crippen molar-refractivity contribution < 1.29 is 4.74 Å². The zero-order valence-corrected chi connectivity index (χ0v) is 9.68. The number of hydrogen-bond acceptors (Lipinski definition) is 3. The Morgan fingerprint density at radius 1 is 1.24 bits per heavy atom. The summed E-state index contributed by atoms with van der Waals surface area (Å²) < 4.78 is 5.43. The Kier molecular flexibility index (Phi) is 2.34. The van der Waals surface area contributed by atoms with Crippen molar-refractivity contribution in [3.63, 3.8) is 0 Å². The fourth-order valence-electron chi connectivity index (χ4n) is 2.59. The highest BCUT2D eigenvalue weighted by molar-refractivity contribution is 5.80. The Balaban J connectivity index is 2.32. The van der Waals surface area contributed by atoms with Gasteiger partial charge in [-0.05, 0) is 23.3 Å². The number of nitrogens with zero attached hydrogens (tertiary/aromatic N) is 1. The number of nitrogens with two attached hydrogens (primary N) is 1. The summed E-state index contributed by atoms with van der Waals surface area (Å²) >= 11 is 0. The maximum Gasteiger partial charge on any atom is 0.128 e. The van der Waals surface area contributed by atoms with E-state index in [2.05, 4.69) is 17.1 Å². The number of hydrogen-bond donors (Lipinski definition) is 1. The summed E-state index contributed by atoms with van der Waals surface area (Å²) in [4.78, 5) is 4.47. The van der Waals surface area contributed by atoms with Crippen molar-refractivity contribution in [3.8, 4) is 17.0 Å². The molecule has 1 atom stereocenters. The molecule has 86 valence electrons. The van der Waals surface area contributed by atoms with Gasteiger partial charge in [-0.1, -0.05) is 18.2 Å². The monoisotopic (exact) mass is 226 g/mol. The summed E-state index contributed by atoms with van der Waals surface area (Å²) in [5.41, 5.74) is 10.4. The van der Waals surface area contributed by atoms with Gasteiger partial charge in [-0.2, -0.15) is 0 Å². The van der Waals surface area contributed by atoms with E-state index >= 15 is 0 Å². The largest absolute Gasteiger partial charge is 0.496 e. The lowest BCUT2D eigenvalue weighted by molar-refractivity contribution is 0.416. The molecule has 2 aromatic rings. The first-order valence-electron chi connectivity index (χ1n) is 5.69. The Morgan fingerprint density at radius 2 is 2.06 bits per heavy atom. The fourth-order valence-corrected chi connectivity index (χ4v) is 2.59. The van der Waals surface area contributed by atoms with Crippen molar-refractivity contribution in [1.29, 1.82) is 0 Å². The second-order valence-corrected chi connectivity index (χ2v) is 4.15. The normalized spacial score (nSPS) is 16.5. The number of fused-ring (bicyclic) bond motifs is 3. The van der Waals surface area contributed by atoms with Gasteiger partial charge in [-0.15, -0.1) is 0 Å². The third-order valence-corrected chi connectivity index (χ3v) is 3.34. The van der Waals surface area contributed by atoms with E-state index in [1.165, 1.54) is 11.1 Å². The maximum absolute atomic E-state index is 5.89. The molecule has 0 fully saturated rings. The van der Waals surface area contributed by atoms with Crippen molar-refractivity contribution >= 4 is 0 Å². The Hall–Kier alpha value is -1.87. The lowest BCUT2D eigenvalue weighted by atomic mass is 9.97. The van der Waals surface area contributed by atoms with Gasteiger partial charge in [-0.3, -0.25) is 4.98 Å². The second kappa shape index (κ2) is 3.86. The lowest BCUT2D eigenvalue weighted by Gasteiger charge is -2.10. The molecule has 1 unspecified atom stereocenters. The number of benzene rings is 1. The van der Waals surface area contributed by atoms with Crippen LogP contribution in [0.2, 0.25) is 0 Å². The van der Waals surface area contributed by atoms with E-state index in [1.807, 2.05) is 24.4 Å². The molecule has 3 nitrogen and oxygen atoms in total. The molecule has 1 aliphatic rings. The summed E-state index contributed by atoms with van der Waals surface area (Å²) in [5, 5.41) is 0. The van der Waals surface area contributed by atoms with E-state index in [0.717, 1.165) is 17.0 Å². The molecular formula is C14H14N2O. The van der Waals surface area contributed by atoms with Crippen LogP contribution in [-0.2, 0) is 0 Å². The van der Waals surface area contributed by atoms with Crippen LogP contribution in [0, 0.1) is 0 Å². The van der Waals surface area contributed by atoms with Crippen molar-refractivity contribution in [2.45, 2.75) is 5.92 Å². The molecule has 0 spiro atoms. The van der Waals surface area contributed by atoms with Gasteiger partial charge in [0.15, 0.2) is 0 Å². The summed E-state index contributed by atoms with van der Waals surface area (Å²) in [6.07, 6.45) is 1.81. The molecule has 1 aromatic heterocycles. The topological polar surface area (TPSA) is 48.1 Å². The van der Waals surface area contributed by atoms with Crippen LogP contribution in [0.15, 0.2) is 36.5 Å². The highest BCUT2D eigenvalue weighted by Gasteiger charge is 2.30. The molecule has 2 N–H and O–H groups in total. The quantitative estimate of drug-likeness (QED) is 0.853. The zero-order valence-electron chi connectivity index (χ0n) is 9.68. The Labute approximate surface area is 100 Å². The van der Waals surface area contributed by atoms with E-state index in [-0.39, 0.29) is 5.92 Å². The van der Waals surface area contributed by atoms with Crippen LogP contribution in [0.4, 0.5) is 0 Å². The third-order valence-electron chi connectivity index (χ3n) is 3.34. The smallest absolute Gasteiger partial charge is 0.128 e. The maximum atomic E-state index is 5.89. The number of aromatic nitrogens is 1. The van der Waals surface area contributed by atoms with E-state index in [1.54, 1.807) is 7.11 Å². The van der Waals surface area contributed by atoms with Gasteiger partial charge in [0.25, 0.3) is 0 Å². The summed E-state index contributed by atoms with van der Waals surface area (Å²) in [6.45, 7) is 0.596. The van der Waals surface area contributed by atoms with Gasteiger partial charge in [0, 0.05) is 24.2 Å². The van der Waals surface area contributed by atoms with Gasteiger partial charge < -0.3 is 10.5 Å². The van der Waals surface area contributed by atoms with E-state index in [0.29, 0.717) is 6.54 Å². The van der Waals surface area contributed by atoms with Crippen molar-refractivity contribution in [2.24, 2.45) is 5.73 Å². The van der Waals surface area contributed by atoms with Crippen LogP contribution in [0.3, 0.4) is 0 Å². The average Bonchev–Trinajstić information content (AvgIpc) is 2.72. The van der Waals surface area contributed by atoms with Crippen LogP contribution < -0.4 is 10.5 Å². The van der Waals surface area contributed by atoms with Crippen LogP contribution in [0.25, 0.3) is 11.3 Å². The van der Waals surface area contributed by atoms with E-state index < -0.39 is 0 Å². The van der Waals surface area contributed by atoms with Crippen molar-refractivity contribution in [2.75, 3.05) is 13.7 Å². The molecular weight excluding hydrogens is 212 g/mol. The first kappa shape index (κ1) is 10.3. The molecule has 1 heterocycles. The highest BCUT2D eigenvalue weighted by atomic mass is 16.5. The van der Waals surface area contributed by atoms with Crippen molar-refractivity contribution in [1.82, 2.24) is 4.98 Å². The highest BCUT2D eigenvalue weighted by Crippen LogP contribution is 2.47. The van der Waals surface area contributed by atoms with Gasteiger partial charge >= 0.3 is 0 Å². The van der Waals surface area contributed by atoms with Gasteiger partial charge in [0.2, 0.25) is 0 Å². The third kappa shape index (κ3) is 1.36. The van der Waals surface area contributed by atoms with Gasteiger partial charge in [0.05, 0.1) is 12.8 Å². The zero-order chi connectivity index (χ0) is 11.8. The van der Waals surface area contributed by atoms with Crippen molar-refractivity contribution in [3.05, 3.63) is 47.7 Å². The number of rotatable bonds is 2. The minimum atomic E-state index is 0.240. The molecule has 0 radical (unpaired) electrons. The number of pyridine rings is 1. The molecule has 3 rings (SSSR count). The second-order valence-electron chi connectivity index (χ2n) is 4.15. The average molecular weight is 226 g/mol. The van der Waals surface area contributed by atoms with Gasteiger partial charge in [-0.25, -0.2) is 0 Å². The Morgan fingerprint density at radius 3 is 2.82 bits per heavy atom. The molecule has 17 heavy (non-hydrogen) atoms. The Bertz CT molecular complexity index is 566. The standard InChI is InChI=1S/C14H14N2O/c1-17-12-6-2-4-9-11(8-15)10-5-3-7-16-14(10)13(9)12/h2-7,11H,8,15H2,1H3. The van der Waals surface area contributed by atoms with E-state index in [9.17, 15) is 0 Å². The van der Waals surface area contributed by atoms with Crippen LogP contribution >= 0.6 is 0 Å². The minimum absolute atomic E-state index is 0.240. The van der Waals surface area contributed by atoms with Crippen LogP contribution in [-0.4, -0.2) is 18.6 Å². The van der Waals surface area contributed by atoms with E-state index in [4.69, 9.17) is 10.5 Å². The summed E-state index contributed by atoms with van der Waals surface area (Å²) in [6, 6.07) is 10.1. The van der Waals surface area contributed by atoms with Crippen LogP contribution in [0.5, 0.6) is 5.75 Å². The first-order valence-corrected chi connectivity index (χ1v) is 5.69. The van der Waals surface area contributed by atoms with Gasteiger partial charge in [0.1, 0.15) is 5.75 Å². The number of ether oxygens (including phenoxy) is 1. The molecule has 1 aliphatic carbocycles. The molecule has 0 amide bonds. The fraction of sp³-hybridized carbons (Fsp3) is 0.214. The molecule has 0 bridgehead atoms. The lowest BCUT2D eigenvalue weighted by Crippen LogP contribution is -2.11. The summed E-state index contributed by atoms with van der Waals surface area (Å²) in [5.74, 6) is 1.11. The molecule has 0 saturated heterocycles. The minimum Gasteiger partial charge on any atom is -0.496 e. The number of methoxy groups -OCH3 is 1. The molecule has 0 saturated carbocycles. The summed E-state index contributed by atoms with van der Waals surface area (Å²) in [7, 11) is 1.69. The predicted octanol–water partition coefficient (Wildman–Crippen LogP) is 2.16. The molecule has 3 heteroatoms.